The SMILES string of the molecule is O=C(N[C@@H]1C[C@H]1C1CCCCC1)[C@@H]1CCCN1C(=O)c1ccco1. The van der Waals surface area contributed by atoms with Crippen molar-refractivity contribution < 1.29 is 14.0 Å². The van der Waals surface area contributed by atoms with E-state index >= 15 is 0 Å². The van der Waals surface area contributed by atoms with Crippen molar-refractivity contribution >= 4 is 11.8 Å². The van der Waals surface area contributed by atoms with Gasteiger partial charge in [0.2, 0.25) is 5.91 Å². The Balaban J connectivity index is 1.33. The molecule has 4 rings (SSSR count). The fraction of sp³-hybridized carbons (Fsp3) is 0.684. The van der Waals surface area contributed by atoms with Gasteiger partial charge in [0.1, 0.15) is 6.04 Å². The molecular weight excluding hydrogens is 304 g/mol. The molecule has 3 atom stereocenters. The van der Waals surface area contributed by atoms with Gasteiger partial charge in [0.15, 0.2) is 5.76 Å². The Hall–Kier alpha value is -1.78. The first-order valence-electron chi connectivity index (χ1n) is 9.39. The van der Waals surface area contributed by atoms with Gasteiger partial charge in [-0.25, -0.2) is 0 Å². The van der Waals surface area contributed by atoms with E-state index in [2.05, 4.69) is 5.32 Å². The van der Waals surface area contributed by atoms with Crippen molar-refractivity contribution in [2.75, 3.05) is 6.54 Å². The molecule has 0 bridgehead atoms. The van der Waals surface area contributed by atoms with Crippen molar-refractivity contribution in [3.05, 3.63) is 24.2 Å². The van der Waals surface area contributed by atoms with Gasteiger partial charge in [-0.1, -0.05) is 32.1 Å². The molecule has 2 amide bonds. The second kappa shape index (κ2) is 6.61. The maximum Gasteiger partial charge on any atom is 0.290 e. The molecule has 1 N–H and O–H groups in total. The lowest BCUT2D eigenvalue weighted by Gasteiger charge is -2.24. The third kappa shape index (κ3) is 3.08. The molecule has 130 valence electrons. The average Bonchev–Trinajstić information content (AvgIpc) is 3.05. The van der Waals surface area contributed by atoms with E-state index in [0.717, 1.165) is 25.2 Å². The van der Waals surface area contributed by atoms with Crippen LogP contribution in [0.25, 0.3) is 0 Å². The van der Waals surface area contributed by atoms with Crippen molar-refractivity contribution in [3.8, 4) is 0 Å². The number of hydrogen-bond acceptors (Lipinski definition) is 3. The lowest BCUT2D eigenvalue weighted by atomic mass is 9.85. The van der Waals surface area contributed by atoms with Gasteiger partial charge < -0.3 is 14.6 Å². The molecule has 1 aliphatic heterocycles. The summed E-state index contributed by atoms with van der Waals surface area (Å²) in [5.41, 5.74) is 0. The van der Waals surface area contributed by atoms with E-state index in [4.69, 9.17) is 4.42 Å². The molecule has 2 heterocycles. The predicted molar refractivity (Wildman–Crippen MR) is 89.4 cm³/mol. The Morgan fingerprint density at radius 3 is 2.71 bits per heavy atom. The number of rotatable bonds is 4. The fourth-order valence-corrected chi connectivity index (χ4v) is 4.57. The van der Waals surface area contributed by atoms with Crippen LogP contribution in [0.3, 0.4) is 0 Å². The molecule has 1 aromatic rings. The van der Waals surface area contributed by atoms with Crippen molar-refractivity contribution in [2.45, 2.75) is 63.5 Å². The summed E-state index contributed by atoms with van der Waals surface area (Å²) in [4.78, 5) is 26.8. The standard InChI is InChI=1S/C19H26N2O3/c22-18(20-15-12-14(15)13-6-2-1-3-7-13)16-8-4-10-21(16)19(23)17-9-5-11-24-17/h5,9,11,13-16H,1-4,6-8,10,12H2,(H,20,22)/t14-,15+,16-/m0/s1. The van der Waals surface area contributed by atoms with Gasteiger partial charge in [0.25, 0.3) is 5.91 Å². The van der Waals surface area contributed by atoms with Crippen LogP contribution in [-0.4, -0.2) is 35.3 Å². The molecule has 2 aliphatic carbocycles. The number of nitrogens with one attached hydrogen (secondary N) is 1. The van der Waals surface area contributed by atoms with Crippen LogP contribution >= 0.6 is 0 Å². The minimum absolute atomic E-state index is 0.0238. The van der Waals surface area contributed by atoms with Gasteiger partial charge >= 0.3 is 0 Å². The summed E-state index contributed by atoms with van der Waals surface area (Å²) in [6.07, 6.45) is 10.9. The van der Waals surface area contributed by atoms with E-state index in [1.165, 1.54) is 38.4 Å². The van der Waals surface area contributed by atoms with Crippen LogP contribution in [0.4, 0.5) is 0 Å². The zero-order valence-electron chi connectivity index (χ0n) is 14.1. The molecule has 0 spiro atoms. The summed E-state index contributed by atoms with van der Waals surface area (Å²) in [5, 5.41) is 3.21. The Labute approximate surface area is 142 Å². The lowest BCUT2D eigenvalue weighted by molar-refractivity contribution is -0.125. The van der Waals surface area contributed by atoms with Crippen LogP contribution in [0.15, 0.2) is 22.8 Å². The average molecular weight is 330 g/mol. The Kier molecular flexibility index (Phi) is 4.33. The van der Waals surface area contributed by atoms with Crippen molar-refractivity contribution in [3.63, 3.8) is 0 Å². The summed E-state index contributed by atoms with van der Waals surface area (Å²) in [6.45, 7) is 0.633. The first-order chi connectivity index (χ1) is 11.7. The topological polar surface area (TPSA) is 62.6 Å². The second-order valence-corrected chi connectivity index (χ2v) is 7.55. The number of amides is 2. The molecule has 1 saturated heterocycles. The predicted octanol–water partition coefficient (Wildman–Crippen LogP) is 2.97. The van der Waals surface area contributed by atoms with Crippen molar-refractivity contribution in [1.29, 1.82) is 0 Å². The van der Waals surface area contributed by atoms with E-state index in [9.17, 15) is 9.59 Å². The van der Waals surface area contributed by atoms with Crippen LogP contribution in [-0.2, 0) is 4.79 Å². The number of hydrogen-bond donors (Lipinski definition) is 1. The molecule has 0 radical (unpaired) electrons. The highest BCUT2D eigenvalue weighted by Crippen LogP contribution is 2.44. The molecule has 0 aromatic carbocycles. The number of nitrogens with zero attached hydrogens (tertiary/aromatic N) is 1. The third-order valence-electron chi connectivity index (χ3n) is 5.97. The highest BCUT2D eigenvalue weighted by Gasteiger charge is 2.45. The van der Waals surface area contributed by atoms with Crippen LogP contribution in [0.1, 0.15) is 61.9 Å². The van der Waals surface area contributed by atoms with E-state index < -0.39 is 0 Å². The highest BCUT2D eigenvalue weighted by molar-refractivity contribution is 5.96. The molecule has 0 unspecified atom stereocenters. The summed E-state index contributed by atoms with van der Waals surface area (Å²) in [6, 6.07) is 3.37. The maximum atomic E-state index is 12.7. The van der Waals surface area contributed by atoms with Crippen LogP contribution < -0.4 is 5.32 Å². The third-order valence-corrected chi connectivity index (χ3v) is 5.97. The lowest BCUT2D eigenvalue weighted by Crippen LogP contribution is -2.46. The van der Waals surface area contributed by atoms with Gasteiger partial charge in [0.05, 0.1) is 6.26 Å². The minimum Gasteiger partial charge on any atom is -0.459 e. The molecule has 5 nitrogen and oxygen atoms in total. The Morgan fingerprint density at radius 2 is 1.96 bits per heavy atom. The van der Waals surface area contributed by atoms with Crippen LogP contribution in [0.2, 0.25) is 0 Å². The summed E-state index contributed by atoms with van der Waals surface area (Å²) < 4.78 is 5.20. The van der Waals surface area contributed by atoms with Gasteiger partial charge in [-0.2, -0.15) is 0 Å². The number of carbonyl (C=O) groups is 2. The summed E-state index contributed by atoms with van der Waals surface area (Å²) >= 11 is 0. The Morgan fingerprint density at radius 1 is 1.12 bits per heavy atom. The van der Waals surface area contributed by atoms with Crippen molar-refractivity contribution in [2.24, 2.45) is 11.8 Å². The van der Waals surface area contributed by atoms with Gasteiger partial charge in [-0.3, -0.25) is 9.59 Å². The van der Waals surface area contributed by atoms with E-state index in [-0.39, 0.29) is 17.9 Å². The molecule has 5 heteroatoms. The molecule has 24 heavy (non-hydrogen) atoms. The fourth-order valence-electron chi connectivity index (χ4n) is 4.57. The van der Waals surface area contributed by atoms with Gasteiger partial charge in [-0.15, -0.1) is 0 Å². The normalized spacial score (nSPS) is 30.3. The number of furan rings is 1. The van der Waals surface area contributed by atoms with E-state index in [1.54, 1.807) is 17.0 Å². The largest absolute Gasteiger partial charge is 0.459 e. The monoisotopic (exact) mass is 330 g/mol. The summed E-state index contributed by atoms with van der Waals surface area (Å²) in [5.74, 6) is 1.65. The summed E-state index contributed by atoms with van der Waals surface area (Å²) in [7, 11) is 0. The van der Waals surface area contributed by atoms with E-state index in [0.29, 0.717) is 24.3 Å². The molecule has 2 saturated carbocycles. The zero-order valence-corrected chi connectivity index (χ0v) is 14.1. The zero-order chi connectivity index (χ0) is 16.5. The molecular formula is C19H26N2O3. The van der Waals surface area contributed by atoms with Gasteiger partial charge in [0, 0.05) is 12.6 Å². The molecule has 1 aromatic heterocycles. The van der Waals surface area contributed by atoms with Crippen LogP contribution in [0.5, 0.6) is 0 Å². The first-order valence-corrected chi connectivity index (χ1v) is 9.39. The van der Waals surface area contributed by atoms with E-state index in [1.807, 2.05) is 0 Å². The Bertz CT molecular complexity index is 592. The van der Waals surface area contributed by atoms with Gasteiger partial charge in [-0.05, 0) is 43.2 Å². The first kappa shape index (κ1) is 15.7. The highest BCUT2D eigenvalue weighted by atomic mass is 16.3. The maximum absolute atomic E-state index is 12.7. The van der Waals surface area contributed by atoms with Crippen LogP contribution in [0, 0.1) is 11.8 Å². The second-order valence-electron chi connectivity index (χ2n) is 7.55. The molecule has 3 aliphatic rings. The smallest absolute Gasteiger partial charge is 0.290 e. The quantitative estimate of drug-likeness (QED) is 0.923. The molecule has 3 fully saturated rings. The number of carbonyl (C=O) groups excluding carboxylic acids is 2. The van der Waals surface area contributed by atoms with Crippen molar-refractivity contribution in [1.82, 2.24) is 10.2 Å². The number of likely N-dealkylation sites (tertiary alicyclic amines) is 1. The minimum atomic E-state index is -0.338.